The molecule has 6 nitrogen and oxygen atoms in total. The molecule has 1 N–H and O–H groups in total. The quantitative estimate of drug-likeness (QED) is 0.777. The van der Waals surface area contributed by atoms with Crippen LogP contribution in [0.2, 0.25) is 0 Å². The minimum absolute atomic E-state index is 0.0343. The number of piperazine rings is 1. The summed E-state index contributed by atoms with van der Waals surface area (Å²) in [6.45, 7) is 4.46. The smallest absolute Gasteiger partial charge is 0.258 e. The van der Waals surface area contributed by atoms with Gasteiger partial charge in [0.05, 0.1) is 23.5 Å². The van der Waals surface area contributed by atoms with Crippen LogP contribution in [0.15, 0.2) is 24.8 Å². The fraction of sp³-hybridized carbons (Fsp3) is 0.417. The first-order valence-electron chi connectivity index (χ1n) is 6.06. The molecule has 2 aromatic heterocycles. The number of carbonyl (C=O) groups is 1. The predicted molar refractivity (Wildman–Crippen MR) is 66.4 cm³/mol. The molecule has 1 atom stereocenters. The third-order valence-electron chi connectivity index (χ3n) is 3.32. The normalized spacial score (nSPS) is 20.3. The van der Waals surface area contributed by atoms with Gasteiger partial charge in [-0.15, -0.1) is 0 Å². The van der Waals surface area contributed by atoms with E-state index in [1.165, 1.54) is 0 Å². The van der Waals surface area contributed by atoms with Crippen molar-refractivity contribution in [2.24, 2.45) is 0 Å². The Hall–Kier alpha value is -1.95. The molecule has 1 aliphatic rings. The van der Waals surface area contributed by atoms with Gasteiger partial charge < -0.3 is 10.2 Å². The molecule has 2 aromatic rings. The lowest BCUT2D eigenvalue weighted by atomic mass is 10.1. The molecule has 1 fully saturated rings. The summed E-state index contributed by atoms with van der Waals surface area (Å²) in [6.07, 6.45) is 6.69. The van der Waals surface area contributed by atoms with E-state index in [4.69, 9.17) is 0 Å². The van der Waals surface area contributed by atoms with Gasteiger partial charge in [0.25, 0.3) is 5.91 Å². The van der Waals surface area contributed by atoms with Crippen LogP contribution in [-0.4, -0.2) is 51.1 Å². The molecule has 0 aliphatic carbocycles. The number of hydrogen-bond acceptors (Lipinski definition) is 4. The largest absolute Gasteiger partial charge is 0.333 e. The van der Waals surface area contributed by atoms with Crippen LogP contribution in [-0.2, 0) is 0 Å². The minimum atomic E-state index is 0.0343. The maximum atomic E-state index is 12.5. The van der Waals surface area contributed by atoms with Gasteiger partial charge >= 0.3 is 0 Å². The molecular formula is C12H15N5O. The summed E-state index contributed by atoms with van der Waals surface area (Å²) < 4.78 is 1.67. The molecule has 3 rings (SSSR count). The molecule has 1 aliphatic heterocycles. The van der Waals surface area contributed by atoms with Gasteiger partial charge in [0.2, 0.25) is 0 Å². The fourth-order valence-corrected chi connectivity index (χ4v) is 2.30. The zero-order valence-corrected chi connectivity index (χ0v) is 10.2. The van der Waals surface area contributed by atoms with Crippen molar-refractivity contribution in [3.8, 4) is 0 Å². The molecule has 0 bridgehead atoms. The van der Waals surface area contributed by atoms with E-state index in [1.54, 1.807) is 29.3 Å². The maximum absolute atomic E-state index is 12.5. The highest BCUT2D eigenvalue weighted by molar-refractivity contribution is 6.00. The fourth-order valence-electron chi connectivity index (χ4n) is 2.30. The summed E-state index contributed by atoms with van der Waals surface area (Å²) in [4.78, 5) is 18.4. The Labute approximate surface area is 105 Å². The first-order chi connectivity index (χ1) is 8.77. The molecule has 6 heteroatoms. The molecule has 0 spiro atoms. The van der Waals surface area contributed by atoms with E-state index in [2.05, 4.69) is 15.4 Å². The second kappa shape index (κ2) is 4.38. The van der Waals surface area contributed by atoms with Crippen molar-refractivity contribution in [3.05, 3.63) is 30.4 Å². The minimum Gasteiger partial charge on any atom is -0.333 e. The Bertz CT molecular complexity index is 579. The van der Waals surface area contributed by atoms with E-state index in [-0.39, 0.29) is 11.9 Å². The molecule has 3 heterocycles. The Morgan fingerprint density at radius 3 is 3.22 bits per heavy atom. The summed E-state index contributed by atoms with van der Waals surface area (Å²) >= 11 is 0. The molecule has 18 heavy (non-hydrogen) atoms. The number of fused-ring (bicyclic) bond motifs is 1. The monoisotopic (exact) mass is 245 g/mol. The first kappa shape index (κ1) is 11.2. The van der Waals surface area contributed by atoms with Gasteiger partial charge in [0.1, 0.15) is 0 Å². The molecule has 0 unspecified atom stereocenters. The van der Waals surface area contributed by atoms with Gasteiger partial charge in [-0.2, -0.15) is 5.10 Å². The van der Waals surface area contributed by atoms with Crippen LogP contribution in [0.3, 0.4) is 0 Å². The molecule has 94 valence electrons. The molecule has 1 amide bonds. The lowest BCUT2D eigenvalue weighted by molar-refractivity contribution is 0.0658. The van der Waals surface area contributed by atoms with Crippen LogP contribution in [0, 0.1) is 0 Å². The Morgan fingerprint density at radius 1 is 1.50 bits per heavy atom. The number of amides is 1. The SMILES string of the molecule is C[C@H]1CNCCN1C(=O)c1cnn2ccncc12. The second-order valence-electron chi connectivity index (χ2n) is 4.52. The van der Waals surface area contributed by atoms with Gasteiger partial charge in [0, 0.05) is 38.1 Å². The van der Waals surface area contributed by atoms with Crippen molar-refractivity contribution in [1.29, 1.82) is 0 Å². The van der Waals surface area contributed by atoms with E-state index in [1.807, 2.05) is 11.8 Å². The van der Waals surface area contributed by atoms with Crippen LogP contribution in [0.25, 0.3) is 5.52 Å². The number of nitrogens with zero attached hydrogens (tertiary/aromatic N) is 4. The van der Waals surface area contributed by atoms with Gasteiger partial charge in [0.15, 0.2) is 0 Å². The lowest BCUT2D eigenvalue weighted by Crippen LogP contribution is -2.52. The Kier molecular flexibility index (Phi) is 2.71. The lowest BCUT2D eigenvalue weighted by Gasteiger charge is -2.33. The number of rotatable bonds is 1. The van der Waals surface area contributed by atoms with Crippen molar-refractivity contribution in [1.82, 2.24) is 24.8 Å². The number of hydrogen-bond donors (Lipinski definition) is 1. The van der Waals surface area contributed by atoms with Gasteiger partial charge in [-0.3, -0.25) is 9.78 Å². The van der Waals surface area contributed by atoms with Crippen molar-refractivity contribution in [2.75, 3.05) is 19.6 Å². The molecule has 1 saturated heterocycles. The molecule has 0 saturated carbocycles. The van der Waals surface area contributed by atoms with E-state index in [9.17, 15) is 4.79 Å². The Morgan fingerprint density at radius 2 is 2.39 bits per heavy atom. The van der Waals surface area contributed by atoms with Crippen LogP contribution in [0.4, 0.5) is 0 Å². The molecular weight excluding hydrogens is 230 g/mol. The topological polar surface area (TPSA) is 62.5 Å². The van der Waals surface area contributed by atoms with E-state index >= 15 is 0 Å². The molecule has 0 aromatic carbocycles. The average molecular weight is 245 g/mol. The number of carbonyl (C=O) groups excluding carboxylic acids is 1. The summed E-state index contributed by atoms with van der Waals surface area (Å²) in [5.41, 5.74) is 1.38. The average Bonchev–Trinajstić information content (AvgIpc) is 2.82. The standard InChI is InChI=1S/C12H15N5O/c1-9-6-13-2-4-16(9)12(18)10-7-15-17-5-3-14-8-11(10)17/h3,5,7-9,13H,2,4,6H2,1H3/t9-/m0/s1. The van der Waals surface area contributed by atoms with E-state index < -0.39 is 0 Å². The number of nitrogens with one attached hydrogen (secondary N) is 1. The van der Waals surface area contributed by atoms with E-state index in [0.29, 0.717) is 5.56 Å². The first-order valence-corrected chi connectivity index (χ1v) is 6.06. The third-order valence-corrected chi connectivity index (χ3v) is 3.32. The molecule has 0 radical (unpaired) electrons. The predicted octanol–water partition coefficient (Wildman–Crippen LogP) is 0.163. The Balaban J connectivity index is 1.96. The van der Waals surface area contributed by atoms with Crippen molar-refractivity contribution < 1.29 is 4.79 Å². The number of aromatic nitrogens is 3. The van der Waals surface area contributed by atoms with Crippen molar-refractivity contribution >= 4 is 11.4 Å². The highest BCUT2D eigenvalue weighted by atomic mass is 16.2. The second-order valence-corrected chi connectivity index (χ2v) is 4.52. The summed E-state index contributed by atoms with van der Waals surface area (Å²) in [5, 5.41) is 7.45. The summed E-state index contributed by atoms with van der Waals surface area (Å²) in [6, 6.07) is 0.206. The van der Waals surface area contributed by atoms with Crippen molar-refractivity contribution in [3.63, 3.8) is 0 Å². The van der Waals surface area contributed by atoms with E-state index in [0.717, 1.165) is 25.2 Å². The highest BCUT2D eigenvalue weighted by Crippen LogP contribution is 2.14. The zero-order chi connectivity index (χ0) is 12.5. The van der Waals surface area contributed by atoms with Crippen molar-refractivity contribution in [2.45, 2.75) is 13.0 Å². The van der Waals surface area contributed by atoms with Crippen LogP contribution in [0.1, 0.15) is 17.3 Å². The zero-order valence-electron chi connectivity index (χ0n) is 10.2. The summed E-state index contributed by atoms with van der Waals surface area (Å²) in [5.74, 6) is 0.0343. The van der Waals surface area contributed by atoms with Gasteiger partial charge in [-0.1, -0.05) is 0 Å². The van der Waals surface area contributed by atoms with Gasteiger partial charge in [-0.05, 0) is 6.92 Å². The highest BCUT2D eigenvalue weighted by Gasteiger charge is 2.26. The maximum Gasteiger partial charge on any atom is 0.258 e. The van der Waals surface area contributed by atoms with Crippen LogP contribution >= 0.6 is 0 Å². The van der Waals surface area contributed by atoms with Crippen LogP contribution in [0.5, 0.6) is 0 Å². The van der Waals surface area contributed by atoms with Gasteiger partial charge in [-0.25, -0.2) is 4.52 Å². The van der Waals surface area contributed by atoms with Crippen LogP contribution < -0.4 is 5.32 Å². The third kappa shape index (κ3) is 1.74. The summed E-state index contributed by atoms with van der Waals surface area (Å²) in [7, 11) is 0.